The predicted molar refractivity (Wildman–Crippen MR) is 309 cm³/mol. The Hall–Kier alpha value is -4.71. The molecule has 0 aromatic heterocycles. The number of amides is 2. The number of benzene rings is 3. The van der Waals surface area contributed by atoms with E-state index in [0.29, 0.717) is 56.9 Å². The zero-order chi connectivity index (χ0) is 53.8. The van der Waals surface area contributed by atoms with Crippen molar-refractivity contribution in [3.63, 3.8) is 0 Å². The largest absolute Gasteiger partial charge is 0.459 e. The molecule has 1 saturated carbocycles. The second kappa shape index (κ2) is 33.6. The van der Waals surface area contributed by atoms with Crippen molar-refractivity contribution in [3.8, 4) is 11.5 Å². The van der Waals surface area contributed by atoms with Gasteiger partial charge in [0.1, 0.15) is 24.1 Å². The van der Waals surface area contributed by atoms with E-state index >= 15 is 4.79 Å². The SMILES string of the molecule is C=CCOC12Oc3ccc(OC(=O)NCCCCCCCCCCCC)cc3C3C(CCCCO)C(CCCCO)C=C(C(=NOCC)CC1N(Cc1cccc4ccccc14)C(=O)CCCCCCCCCCC)C32. The van der Waals surface area contributed by atoms with Crippen molar-refractivity contribution in [3.05, 3.63) is 96.1 Å². The average molecular weight is 1050 g/mol. The van der Waals surface area contributed by atoms with E-state index in [1.54, 1.807) is 6.08 Å². The number of hydrogen-bond donors (Lipinski definition) is 3. The van der Waals surface area contributed by atoms with Gasteiger partial charge < -0.3 is 39.5 Å². The molecule has 1 heterocycles. The quantitative estimate of drug-likeness (QED) is 0.0293. The highest BCUT2D eigenvalue weighted by Gasteiger charge is 2.65. The topological polar surface area (TPSA) is 139 Å². The number of ether oxygens (including phenoxy) is 3. The molecule has 3 aliphatic rings. The third kappa shape index (κ3) is 17.1. The number of fused-ring (bicyclic) bond motifs is 3. The van der Waals surface area contributed by atoms with Crippen LogP contribution in [-0.2, 0) is 20.9 Å². The van der Waals surface area contributed by atoms with Gasteiger partial charge in [-0.1, -0.05) is 196 Å². The van der Waals surface area contributed by atoms with Gasteiger partial charge in [0.05, 0.1) is 18.2 Å². The Morgan fingerprint density at radius 1 is 0.776 bits per heavy atom. The molecular formula is C65H97N3O8. The molecule has 0 saturated heterocycles. The van der Waals surface area contributed by atoms with Crippen LogP contribution in [-0.4, -0.2) is 77.6 Å². The number of nitrogens with zero attached hydrogens (tertiary/aromatic N) is 2. The van der Waals surface area contributed by atoms with Crippen molar-refractivity contribution in [2.45, 2.75) is 218 Å². The lowest BCUT2D eigenvalue weighted by Crippen LogP contribution is -2.70. The summed E-state index contributed by atoms with van der Waals surface area (Å²) in [7, 11) is 0. The lowest BCUT2D eigenvalue weighted by atomic mass is 9.55. The maximum atomic E-state index is 15.5. The van der Waals surface area contributed by atoms with Crippen LogP contribution in [0.4, 0.5) is 4.79 Å². The molecule has 76 heavy (non-hydrogen) atoms. The summed E-state index contributed by atoms with van der Waals surface area (Å²) in [5.41, 5.74) is 3.70. The van der Waals surface area contributed by atoms with Gasteiger partial charge in [0.2, 0.25) is 11.7 Å². The molecule has 0 spiro atoms. The molecule has 3 aromatic rings. The Morgan fingerprint density at radius 3 is 2.09 bits per heavy atom. The minimum absolute atomic E-state index is 0.0325. The molecule has 11 heteroatoms. The van der Waals surface area contributed by atoms with E-state index in [0.717, 1.165) is 91.0 Å². The van der Waals surface area contributed by atoms with Gasteiger partial charge in [0.15, 0.2) is 0 Å². The summed E-state index contributed by atoms with van der Waals surface area (Å²) < 4.78 is 21.0. The fourth-order valence-corrected chi connectivity index (χ4v) is 12.5. The number of aliphatic hydroxyl groups is 2. The Kier molecular flexibility index (Phi) is 26.7. The first-order chi connectivity index (χ1) is 37.3. The monoisotopic (exact) mass is 1050 g/mol. The number of hydrogen-bond acceptors (Lipinski definition) is 9. The van der Waals surface area contributed by atoms with Gasteiger partial charge in [0.25, 0.3) is 0 Å². The number of nitrogens with one attached hydrogen (secondary N) is 1. The van der Waals surface area contributed by atoms with E-state index in [1.165, 1.54) is 89.9 Å². The molecule has 420 valence electrons. The van der Waals surface area contributed by atoms with E-state index in [9.17, 15) is 15.0 Å². The van der Waals surface area contributed by atoms with Gasteiger partial charge in [-0.3, -0.25) is 4.79 Å². The zero-order valence-electron chi connectivity index (χ0n) is 47.1. The molecule has 3 N–H and O–H groups in total. The van der Waals surface area contributed by atoms with E-state index in [-0.39, 0.29) is 43.5 Å². The summed E-state index contributed by atoms with van der Waals surface area (Å²) in [4.78, 5) is 37.1. The Morgan fingerprint density at radius 2 is 1.42 bits per heavy atom. The molecule has 0 bridgehead atoms. The molecule has 1 aliphatic heterocycles. The summed E-state index contributed by atoms with van der Waals surface area (Å²) in [6.45, 7) is 12.2. The lowest BCUT2D eigenvalue weighted by Gasteiger charge is -2.60. The van der Waals surface area contributed by atoms with Crippen molar-refractivity contribution in [2.75, 3.05) is 33.0 Å². The normalized spacial score (nSPS) is 21.1. The molecule has 11 nitrogen and oxygen atoms in total. The molecule has 6 unspecified atom stereocenters. The van der Waals surface area contributed by atoms with Gasteiger partial charge in [-0.05, 0) is 97.4 Å². The van der Waals surface area contributed by atoms with Crippen molar-refractivity contribution in [1.29, 1.82) is 0 Å². The van der Waals surface area contributed by atoms with Gasteiger partial charge >= 0.3 is 6.09 Å². The Balaban J connectivity index is 1.40. The van der Waals surface area contributed by atoms with Crippen molar-refractivity contribution >= 4 is 28.5 Å². The van der Waals surface area contributed by atoms with E-state index in [4.69, 9.17) is 24.2 Å². The van der Waals surface area contributed by atoms with Crippen LogP contribution in [0.1, 0.15) is 211 Å². The van der Waals surface area contributed by atoms with Crippen LogP contribution < -0.4 is 14.8 Å². The van der Waals surface area contributed by atoms with E-state index in [2.05, 4.69) is 74.3 Å². The highest BCUT2D eigenvalue weighted by Crippen LogP contribution is 2.62. The number of carbonyl (C=O) groups excluding carboxylic acids is 2. The van der Waals surface area contributed by atoms with Crippen LogP contribution in [0.15, 0.2) is 90.1 Å². The van der Waals surface area contributed by atoms with Crippen LogP contribution in [0.3, 0.4) is 0 Å². The van der Waals surface area contributed by atoms with Crippen LogP contribution >= 0.6 is 0 Å². The number of rotatable bonds is 38. The molecular weight excluding hydrogens is 951 g/mol. The summed E-state index contributed by atoms with van der Waals surface area (Å²) in [5.74, 6) is -0.922. The summed E-state index contributed by atoms with van der Waals surface area (Å²) >= 11 is 0. The molecule has 0 radical (unpaired) electrons. The van der Waals surface area contributed by atoms with Gasteiger partial charge in [-0.15, -0.1) is 6.58 Å². The second-order valence-corrected chi connectivity index (χ2v) is 21.9. The lowest BCUT2D eigenvalue weighted by molar-refractivity contribution is -0.258. The smallest absolute Gasteiger partial charge is 0.412 e. The minimum Gasteiger partial charge on any atom is -0.459 e. The Bertz CT molecular complexity index is 2260. The number of allylic oxidation sites excluding steroid dienone is 1. The third-order valence-electron chi connectivity index (χ3n) is 16.4. The van der Waals surface area contributed by atoms with E-state index < -0.39 is 23.8 Å². The standard InChI is InChI=1S/C65H97N3O8/c1-5-9-11-13-15-17-19-21-23-29-42-66-64(72)75-53-40-41-59-57(47-53)62-55(38-28-31-44-70)51(34-27-30-43-69)46-56-58(67-74-8-4)48-60(65(76-59,63(56)62)73-45-7-3)68(49-52-36-32-35-50-33-25-26-37-54(50)52)61(71)39-24-22-20-18-16-14-12-10-6-2/h7,25-26,32-33,35-37,40-41,46-47,51,55,60,62-63,69-70H,3,5-6,8-24,27-31,34,38-39,42-45,48-49H2,1-2,4H3,(H,66,72). The maximum absolute atomic E-state index is 15.5. The van der Waals surface area contributed by atoms with Crippen LogP contribution in [0.5, 0.6) is 11.5 Å². The van der Waals surface area contributed by atoms with Crippen LogP contribution in [0.2, 0.25) is 0 Å². The van der Waals surface area contributed by atoms with Gasteiger partial charge in [-0.25, -0.2) is 4.79 Å². The van der Waals surface area contributed by atoms with Crippen LogP contribution in [0, 0.1) is 17.8 Å². The minimum atomic E-state index is -1.40. The first kappa shape index (κ1) is 60.5. The zero-order valence-corrected chi connectivity index (χ0v) is 47.1. The molecule has 6 atom stereocenters. The van der Waals surface area contributed by atoms with Crippen LogP contribution in [0.25, 0.3) is 10.8 Å². The average Bonchev–Trinajstić information content (AvgIpc) is 3.56. The van der Waals surface area contributed by atoms with Crippen molar-refractivity contribution in [2.24, 2.45) is 22.9 Å². The first-order valence-electron chi connectivity index (χ1n) is 30.3. The van der Waals surface area contributed by atoms with Gasteiger partial charge in [-0.2, -0.15) is 0 Å². The molecule has 2 amide bonds. The third-order valence-corrected chi connectivity index (χ3v) is 16.4. The van der Waals surface area contributed by atoms with Gasteiger partial charge in [0, 0.05) is 50.6 Å². The fourth-order valence-electron chi connectivity index (χ4n) is 12.5. The number of unbranched alkanes of at least 4 members (excludes halogenated alkanes) is 19. The fraction of sp³-hybridized carbons (Fsp3) is 0.646. The number of aliphatic hydroxyl groups excluding tert-OH is 2. The number of carbonyl (C=O) groups is 2. The summed E-state index contributed by atoms with van der Waals surface area (Å²) in [5, 5.41) is 30.3. The maximum Gasteiger partial charge on any atom is 0.412 e. The predicted octanol–water partition coefficient (Wildman–Crippen LogP) is 15.5. The molecule has 3 aromatic carbocycles. The Labute approximate surface area is 457 Å². The number of oxime groups is 1. The van der Waals surface area contributed by atoms with E-state index in [1.807, 2.05) is 30.0 Å². The molecule has 1 fully saturated rings. The summed E-state index contributed by atoms with van der Waals surface area (Å²) in [6.07, 6.45) is 31.5. The highest BCUT2D eigenvalue weighted by molar-refractivity contribution is 6.03. The van der Waals surface area contributed by atoms with Crippen molar-refractivity contribution in [1.82, 2.24) is 10.2 Å². The second-order valence-electron chi connectivity index (χ2n) is 21.9. The highest BCUT2D eigenvalue weighted by atomic mass is 16.7. The molecule has 6 rings (SSSR count). The first-order valence-corrected chi connectivity index (χ1v) is 30.3. The molecule has 2 aliphatic carbocycles. The van der Waals surface area contributed by atoms with Crippen molar-refractivity contribution < 1.29 is 38.9 Å². The summed E-state index contributed by atoms with van der Waals surface area (Å²) in [6, 6.07) is 19.7.